The van der Waals surface area contributed by atoms with Crippen molar-refractivity contribution in [3.63, 3.8) is 0 Å². The topological polar surface area (TPSA) is 43.1 Å². The number of hydrogen-bond donors (Lipinski definition) is 0. The molecule has 0 bridgehead atoms. The summed E-state index contributed by atoms with van der Waals surface area (Å²) in [7, 11) is 0. The maximum atomic E-state index is 10.2. The van der Waals surface area contributed by atoms with Gasteiger partial charge in [-0.3, -0.25) is 10.1 Å². The number of hydrogen-bond acceptors (Lipinski definition) is 3. The zero-order valence-electron chi connectivity index (χ0n) is 9.41. The van der Waals surface area contributed by atoms with Gasteiger partial charge in [-0.05, 0) is 11.2 Å². The molecule has 0 aliphatic rings. The molecular weight excluding hydrogens is 234 g/mol. The Morgan fingerprint density at radius 1 is 1.53 bits per heavy atom. The lowest BCUT2D eigenvalue weighted by molar-refractivity contribution is -0.402. The largest absolute Gasteiger partial charge is 0.259 e. The Morgan fingerprint density at radius 2 is 2.07 bits per heavy atom. The molecule has 0 atom stereocenters. The van der Waals surface area contributed by atoms with Gasteiger partial charge in [0.15, 0.2) is 0 Å². The van der Waals surface area contributed by atoms with E-state index in [1.165, 1.54) is 6.08 Å². The minimum atomic E-state index is -0.515. The van der Waals surface area contributed by atoms with Crippen molar-refractivity contribution in [1.82, 2.24) is 0 Å². The first kappa shape index (κ1) is 14.5. The number of nitrogens with zero attached hydrogens (tertiary/aromatic N) is 1. The van der Waals surface area contributed by atoms with Crippen molar-refractivity contribution in [1.29, 1.82) is 0 Å². The van der Waals surface area contributed by atoms with Crippen LogP contribution in [0.2, 0.25) is 0 Å². The predicted molar refractivity (Wildman–Crippen MR) is 66.6 cm³/mol. The first-order valence-corrected chi connectivity index (χ1v) is 6.00. The highest BCUT2D eigenvalue weighted by molar-refractivity contribution is 8.03. The van der Waals surface area contributed by atoms with Gasteiger partial charge in [0, 0.05) is 11.0 Å². The fourth-order valence-electron chi connectivity index (χ4n) is 0.990. The number of halogens is 1. The molecule has 0 aromatic rings. The zero-order valence-corrected chi connectivity index (χ0v) is 11.0. The molecule has 0 spiro atoms. The molecule has 0 N–H and O–H groups in total. The van der Waals surface area contributed by atoms with E-state index < -0.39 is 4.92 Å². The highest BCUT2D eigenvalue weighted by atomic mass is 35.5. The van der Waals surface area contributed by atoms with Crippen molar-refractivity contribution in [2.45, 2.75) is 27.7 Å². The predicted octanol–water partition coefficient (Wildman–Crippen LogP) is 4.03. The van der Waals surface area contributed by atoms with Crippen LogP contribution >= 0.6 is 23.4 Å². The molecule has 0 amide bonds. The third kappa shape index (κ3) is 5.85. The Balaban J connectivity index is 5.01. The van der Waals surface area contributed by atoms with Crippen LogP contribution in [0.3, 0.4) is 0 Å². The normalized spacial score (nSPS) is 14.2. The van der Waals surface area contributed by atoms with Crippen LogP contribution in [0, 0.1) is 15.5 Å². The van der Waals surface area contributed by atoms with Gasteiger partial charge in [0.25, 0.3) is 0 Å². The summed E-state index contributed by atoms with van der Waals surface area (Å²) in [5.41, 5.74) is -0.0846. The lowest BCUT2D eigenvalue weighted by atomic mass is 9.95. The molecule has 0 rings (SSSR count). The van der Waals surface area contributed by atoms with Crippen LogP contribution in [0.5, 0.6) is 0 Å². The minimum Gasteiger partial charge on any atom is -0.259 e. The zero-order chi connectivity index (χ0) is 12.1. The molecule has 0 radical (unpaired) electrons. The summed E-state index contributed by atoms with van der Waals surface area (Å²) >= 11 is 7.64. The van der Waals surface area contributed by atoms with Crippen LogP contribution in [0.25, 0.3) is 0 Å². The van der Waals surface area contributed by atoms with E-state index in [1.807, 2.05) is 27.7 Å². The van der Waals surface area contributed by atoms with Gasteiger partial charge in [0.05, 0.1) is 9.96 Å². The van der Waals surface area contributed by atoms with Crippen molar-refractivity contribution in [2.75, 3.05) is 5.75 Å². The van der Waals surface area contributed by atoms with Crippen LogP contribution in [-0.4, -0.2) is 10.7 Å². The molecule has 0 aromatic heterocycles. The van der Waals surface area contributed by atoms with Crippen LogP contribution in [0.1, 0.15) is 27.7 Å². The third-order valence-corrected chi connectivity index (χ3v) is 3.37. The molecule has 86 valence electrons. The van der Waals surface area contributed by atoms with Gasteiger partial charge in [-0.25, -0.2) is 0 Å². The maximum Gasteiger partial charge on any atom is 0.235 e. The molecule has 0 aliphatic heterocycles. The van der Waals surface area contributed by atoms with Crippen LogP contribution in [0.15, 0.2) is 22.2 Å². The van der Waals surface area contributed by atoms with E-state index in [9.17, 15) is 10.1 Å². The summed E-state index contributed by atoms with van der Waals surface area (Å²) in [6.07, 6.45) is 2.20. The highest BCUT2D eigenvalue weighted by Gasteiger charge is 2.20. The Hall–Kier alpha value is -0.480. The summed E-state index contributed by atoms with van der Waals surface area (Å²) in [5, 5.41) is 10.6. The summed E-state index contributed by atoms with van der Waals surface area (Å²) < 4.78 is 0. The van der Waals surface area contributed by atoms with E-state index in [4.69, 9.17) is 11.6 Å². The summed E-state index contributed by atoms with van der Waals surface area (Å²) in [6.45, 7) is 8.13. The minimum absolute atomic E-state index is 0.0846. The average molecular weight is 250 g/mol. The summed E-state index contributed by atoms with van der Waals surface area (Å²) in [6, 6.07) is 0. The second kappa shape index (κ2) is 6.18. The lowest BCUT2D eigenvalue weighted by Gasteiger charge is -2.22. The van der Waals surface area contributed by atoms with Gasteiger partial charge < -0.3 is 0 Å². The fraction of sp³-hybridized carbons (Fsp3) is 0.600. The average Bonchev–Trinajstić information content (AvgIpc) is 2.08. The number of allylic oxidation sites excluding steroid dienone is 3. The maximum absolute atomic E-state index is 10.2. The molecule has 5 heteroatoms. The van der Waals surface area contributed by atoms with Gasteiger partial charge >= 0.3 is 0 Å². The second-order valence-corrected chi connectivity index (χ2v) is 5.64. The van der Waals surface area contributed by atoms with E-state index in [1.54, 1.807) is 11.8 Å². The molecular formula is C10H16ClNO2S. The second-order valence-electron chi connectivity index (χ2n) is 3.96. The first-order valence-electron chi connectivity index (χ1n) is 4.63. The van der Waals surface area contributed by atoms with Crippen LogP contribution in [0.4, 0.5) is 0 Å². The Kier molecular flexibility index (Phi) is 5.98. The molecule has 3 nitrogen and oxygen atoms in total. The molecule has 15 heavy (non-hydrogen) atoms. The Morgan fingerprint density at radius 3 is 2.40 bits per heavy atom. The Labute approximate surface area is 99.7 Å². The Bertz CT molecular complexity index is 292. The monoisotopic (exact) mass is 249 g/mol. The number of thioether (sulfide) groups is 1. The van der Waals surface area contributed by atoms with Gasteiger partial charge in [-0.2, -0.15) is 0 Å². The van der Waals surface area contributed by atoms with Gasteiger partial charge in [0.2, 0.25) is 6.20 Å². The quantitative estimate of drug-likeness (QED) is 0.429. The molecule has 0 aliphatic carbocycles. The fourth-order valence-corrected chi connectivity index (χ4v) is 2.42. The smallest absolute Gasteiger partial charge is 0.235 e. The van der Waals surface area contributed by atoms with Crippen molar-refractivity contribution in [2.24, 2.45) is 5.41 Å². The van der Waals surface area contributed by atoms with Gasteiger partial charge in [0.1, 0.15) is 0 Å². The number of rotatable bonds is 4. The van der Waals surface area contributed by atoms with Crippen LogP contribution < -0.4 is 0 Å². The molecule has 0 saturated heterocycles. The standard InChI is InChI=1S/C10H16ClNO2S/c1-5-15-9(10(2,3)4)8(11)6-7-12(13)14/h6-7H,5H2,1-4H3/b7-6+,9-8+. The van der Waals surface area contributed by atoms with E-state index >= 15 is 0 Å². The van der Waals surface area contributed by atoms with E-state index in [-0.39, 0.29) is 5.41 Å². The van der Waals surface area contributed by atoms with Crippen molar-refractivity contribution < 1.29 is 4.92 Å². The van der Waals surface area contributed by atoms with Gasteiger partial charge in [-0.1, -0.05) is 39.3 Å². The summed E-state index contributed by atoms with van der Waals surface area (Å²) in [4.78, 5) is 10.6. The van der Waals surface area contributed by atoms with Crippen molar-refractivity contribution in [3.8, 4) is 0 Å². The molecule has 0 heterocycles. The molecule has 0 saturated carbocycles. The van der Waals surface area contributed by atoms with Crippen molar-refractivity contribution in [3.05, 3.63) is 32.3 Å². The molecule has 0 fully saturated rings. The number of nitro groups is 1. The first-order chi connectivity index (χ1) is 6.79. The van der Waals surface area contributed by atoms with E-state index in [0.717, 1.165) is 16.9 Å². The molecule has 0 aromatic carbocycles. The SMILES string of the molecule is CCS/C(=C(Cl)\C=C\[N+](=O)[O-])C(C)(C)C. The lowest BCUT2D eigenvalue weighted by Crippen LogP contribution is -2.08. The highest BCUT2D eigenvalue weighted by Crippen LogP contribution is 2.38. The third-order valence-electron chi connectivity index (χ3n) is 1.53. The van der Waals surface area contributed by atoms with Gasteiger partial charge in [-0.15, -0.1) is 11.8 Å². The van der Waals surface area contributed by atoms with Crippen molar-refractivity contribution >= 4 is 23.4 Å². The summed E-state index contributed by atoms with van der Waals surface area (Å²) in [5.74, 6) is 0.898. The molecule has 0 unspecified atom stereocenters. The van der Waals surface area contributed by atoms with E-state index in [2.05, 4.69) is 0 Å². The van der Waals surface area contributed by atoms with Crippen LogP contribution in [-0.2, 0) is 0 Å². The van der Waals surface area contributed by atoms with E-state index in [0.29, 0.717) is 5.03 Å².